The lowest BCUT2D eigenvalue weighted by molar-refractivity contribution is -0.216. The summed E-state index contributed by atoms with van der Waals surface area (Å²) >= 11 is 0. The monoisotopic (exact) mass is 372 g/mol. The third-order valence-electron chi connectivity index (χ3n) is 4.73. The van der Waals surface area contributed by atoms with Crippen LogP contribution in [0.25, 0.3) is 0 Å². The van der Waals surface area contributed by atoms with Crippen LogP contribution in [0.4, 0.5) is 0 Å². The first-order chi connectivity index (χ1) is 11.6. The van der Waals surface area contributed by atoms with Crippen molar-refractivity contribution in [3.8, 4) is 0 Å². The topological polar surface area (TPSA) is 78.9 Å². The Hall–Kier alpha value is -1.27. The van der Waals surface area contributed by atoms with Gasteiger partial charge in [-0.2, -0.15) is 0 Å². The molecule has 0 aromatic rings. The molecule has 0 radical (unpaired) electrons. The Balaban J connectivity index is 5.19. The third-order valence-corrected chi connectivity index (χ3v) is 4.73. The highest BCUT2D eigenvalue weighted by Crippen LogP contribution is 2.27. The van der Waals surface area contributed by atoms with E-state index in [0.29, 0.717) is 12.8 Å². The first kappa shape index (κ1) is 24.7. The van der Waals surface area contributed by atoms with Crippen LogP contribution in [0.2, 0.25) is 0 Å². The Kier molecular flexibility index (Phi) is 8.64. The second kappa shape index (κ2) is 9.09. The van der Waals surface area contributed by atoms with Crippen molar-refractivity contribution in [1.82, 2.24) is 0 Å². The molecule has 0 bridgehead atoms. The molecule has 152 valence electrons. The maximum absolute atomic E-state index is 12.9. The molecule has 0 saturated carbocycles. The highest BCUT2D eigenvalue weighted by molar-refractivity contribution is 5.91. The molecule has 0 saturated heterocycles. The number of carbonyl (C=O) groups is 3. The molecule has 4 unspecified atom stereocenters. The quantitative estimate of drug-likeness (QED) is 0.428. The number of rotatable bonds is 10. The minimum Gasteiger partial charge on any atom is -0.436 e. The van der Waals surface area contributed by atoms with Gasteiger partial charge in [0.25, 0.3) is 0 Å². The number of hydrogen-bond acceptors (Lipinski definition) is 6. The Labute approximate surface area is 157 Å². The fraction of sp³-hybridized carbons (Fsp3) is 0.850. The number of Topliss-reactive ketones (excluding diaryl/α,β-unsaturated/α-hetero) is 2. The largest absolute Gasteiger partial charge is 0.436 e. The standard InChI is InChI=1S/C20H36O6/c1-11-19(9,14(4)21)25-13(3)16(22)20(10,12-2)26-15(5)24-17(23)18(6,7)8/h13,15H,11-12H2,1-10H3. The van der Waals surface area contributed by atoms with E-state index in [1.807, 2.05) is 13.8 Å². The van der Waals surface area contributed by atoms with Crippen molar-refractivity contribution in [1.29, 1.82) is 0 Å². The highest BCUT2D eigenvalue weighted by atomic mass is 16.7. The van der Waals surface area contributed by atoms with Gasteiger partial charge < -0.3 is 14.2 Å². The number of carbonyl (C=O) groups excluding carboxylic acids is 3. The lowest BCUT2D eigenvalue weighted by Crippen LogP contribution is -2.50. The summed E-state index contributed by atoms with van der Waals surface area (Å²) in [7, 11) is 0. The summed E-state index contributed by atoms with van der Waals surface area (Å²) in [5, 5.41) is 0. The molecule has 4 atom stereocenters. The first-order valence-electron chi connectivity index (χ1n) is 9.25. The van der Waals surface area contributed by atoms with E-state index in [1.165, 1.54) is 6.92 Å². The van der Waals surface area contributed by atoms with E-state index in [2.05, 4.69) is 0 Å². The fourth-order valence-corrected chi connectivity index (χ4v) is 2.32. The van der Waals surface area contributed by atoms with Crippen LogP contribution < -0.4 is 0 Å². The maximum Gasteiger partial charge on any atom is 0.313 e. The second-order valence-corrected chi connectivity index (χ2v) is 8.19. The summed E-state index contributed by atoms with van der Waals surface area (Å²) in [4.78, 5) is 36.8. The lowest BCUT2D eigenvalue weighted by Gasteiger charge is -2.35. The molecule has 0 aliphatic heterocycles. The van der Waals surface area contributed by atoms with Crippen molar-refractivity contribution in [2.24, 2.45) is 5.41 Å². The molecule has 0 aromatic carbocycles. The summed E-state index contributed by atoms with van der Waals surface area (Å²) in [6, 6.07) is 0. The van der Waals surface area contributed by atoms with E-state index in [1.54, 1.807) is 48.5 Å². The van der Waals surface area contributed by atoms with Gasteiger partial charge in [0.2, 0.25) is 6.29 Å². The van der Waals surface area contributed by atoms with Crippen molar-refractivity contribution in [3.63, 3.8) is 0 Å². The van der Waals surface area contributed by atoms with Gasteiger partial charge in [0.05, 0.1) is 5.41 Å². The summed E-state index contributed by atoms with van der Waals surface area (Å²) in [6.45, 7) is 16.9. The van der Waals surface area contributed by atoms with Gasteiger partial charge in [-0.3, -0.25) is 14.4 Å². The predicted molar refractivity (Wildman–Crippen MR) is 99.7 cm³/mol. The van der Waals surface area contributed by atoms with Crippen molar-refractivity contribution >= 4 is 17.5 Å². The minimum absolute atomic E-state index is 0.133. The van der Waals surface area contributed by atoms with Crippen LogP contribution in [0.15, 0.2) is 0 Å². The van der Waals surface area contributed by atoms with Gasteiger partial charge >= 0.3 is 5.97 Å². The summed E-state index contributed by atoms with van der Waals surface area (Å²) in [5.74, 6) is -0.832. The molecule has 0 aromatic heterocycles. The molecule has 0 spiro atoms. The van der Waals surface area contributed by atoms with Crippen molar-refractivity contribution in [2.45, 2.75) is 106 Å². The number of esters is 1. The smallest absolute Gasteiger partial charge is 0.313 e. The Bertz CT molecular complexity index is 521. The third kappa shape index (κ3) is 6.47. The van der Waals surface area contributed by atoms with E-state index in [9.17, 15) is 14.4 Å². The second-order valence-electron chi connectivity index (χ2n) is 8.19. The average molecular weight is 373 g/mol. The molecule has 0 heterocycles. The van der Waals surface area contributed by atoms with Gasteiger partial charge in [0, 0.05) is 0 Å². The Morgan fingerprint density at radius 2 is 1.31 bits per heavy atom. The zero-order valence-electron chi connectivity index (χ0n) is 18.0. The molecule has 6 heteroatoms. The van der Waals surface area contributed by atoms with E-state index in [-0.39, 0.29) is 11.6 Å². The van der Waals surface area contributed by atoms with Crippen molar-refractivity contribution in [2.75, 3.05) is 0 Å². The van der Waals surface area contributed by atoms with Gasteiger partial charge in [-0.15, -0.1) is 0 Å². The summed E-state index contributed by atoms with van der Waals surface area (Å²) < 4.78 is 16.9. The molecule has 0 aliphatic rings. The van der Waals surface area contributed by atoms with Crippen LogP contribution in [0, 0.1) is 5.41 Å². The molecule has 0 amide bonds. The summed E-state index contributed by atoms with van der Waals surface area (Å²) in [6.07, 6.45) is -0.879. The predicted octanol–water partition coefficient (Wildman–Crippen LogP) is 3.84. The molecule has 0 rings (SSSR count). The van der Waals surface area contributed by atoms with E-state index >= 15 is 0 Å². The SMILES string of the molecule is CCC(C)(OC(C)C(=O)C(C)(CC)OC(C)OC(=O)C(C)(C)C)C(C)=O. The zero-order valence-corrected chi connectivity index (χ0v) is 18.0. The molecule has 6 nitrogen and oxygen atoms in total. The van der Waals surface area contributed by atoms with E-state index < -0.39 is 35.0 Å². The molecule has 0 N–H and O–H groups in total. The van der Waals surface area contributed by atoms with Crippen LogP contribution in [0.1, 0.15) is 82.1 Å². The zero-order chi connectivity index (χ0) is 20.9. The first-order valence-corrected chi connectivity index (χ1v) is 9.25. The molecular weight excluding hydrogens is 336 g/mol. The minimum atomic E-state index is -1.19. The summed E-state index contributed by atoms with van der Waals surface area (Å²) in [5.41, 5.74) is -2.87. The van der Waals surface area contributed by atoms with Gasteiger partial charge in [-0.05, 0) is 68.2 Å². The van der Waals surface area contributed by atoms with Gasteiger partial charge in [-0.25, -0.2) is 0 Å². The van der Waals surface area contributed by atoms with Crippen LogP contribution in [0.5, 0.6) is 0 Å². The Morgan fingerprint density at radius 1 is 0.846 bits per heavy atom. The number of ether oxygens (including phenoxy) is 3. The molecule has 26 heavy (non-hydrogen) atoms. The average Bonchev–Trinajstić information content (AvgIpc) is 2.52. The number of ketones is 2. The van der Waals surface area contributed by atoms with Crippen molar-refractivity contribution in [3.05, 3.63) is 0 Å². The molecular formula is C20H36O6. The van der Waals surface area contributed by atoms with E-state index in [4.69, 9.17) is 14.2 Å². The highest BCUT2D eigenvalue weighted by Gasteiger charge is 2.42. The van der Waals surface area contributed by atoms with Crippen molar-refractivity contribution < 1.29 is 28.6 Å². The van der Waals surface area contributed by atoms with Crippen LogP contribution in [-0.4, -0.2) is 41.1 Å². The van der Waals surface area contributed by atoms with Crippen LogP contribution in [0.3, 0.4) is 0 Å². The Morgan fingerprint density at radius 3 is 1.65 bits per heavy atom. The maximum atomic E-state index is 12.9. The van der Waals surface area contributed by atoms with Gasteiger partial charge in [0.1, 0.15) is 17.3 Å². The van der Waals surface area contributed by atoms with Crippen LogP contribution in [-0.2, 0) is 28.6 Å². The normalized spacial score (nSPS) is 19.0. The molecule has 0 aliphatic carbocycles. The van der Waals surface area contributed by atoms with Gasteiger partial charge in [-0.1, -0.05) is 13.8 Å². The van der Waals surface area contributed by atoms with E-state index in [0.717, 1.165) is 0 Å². The lowest BCUT2D eigenvalue weighted by atomic mass is 9.92. The molecule has 0 fully saturated rings. The fourth-order valence-electron chi connectivity index (χ4n) is 2.32. The van der Waals surface area contributed by atoms with Crippen LogP contribution >= 0.6 is 0 Å². The van der Waals surface area contributed by atoms with Gasteiger partial charge in [0.15, 0.2) is 11.6 Å². The number of hydrogen-bond donors (Lipinski definition) is 0.